The Labute approximate surface area is 235 Å². The third kappa shape index (κ3) is 5.91. The number of aliphatic imine (C=N–C) groups is 1. The second-order valence-electron chi connectivity index (χ2n) is 10.5. The molecule has 0 saturated carbocycles. The number of para-hydroxylation sites is 1. The van der Waals surface area contributed by atoms with Crippen molar-refractivity contribution >= 4 is 34.9 Å². The van der Waals surface area contributed by atoms with Crippen molar-refractivity contribution in [3.05, 3.63) is 95.1 Å². The number of hydrogen-bond acceptors (Lipinski definition) is 4. The van der Waals surface area contributed by atoms with Gasteiger partial charge in [0.25, 0.3) is 5.91 Å². The van der Waals surface area contributed by atoms with Gasteiger partial charge >= 0.3 is 6.03 Å². The topological polar surface area (TPSA) is 94.1 Å². The van der Waals surface area contributed by atoms with E-state index < -0.39 is 18.1 Å². The summed E-state index contributed by atoms with van der Waals surface area (Å²) in [4.78, 5) is 48.3. The van der Waals surface area contributed by atoms with Crippen LogP contribution in [0.3, 0.4) is 0 Å². The van der Waals surface area contributed by atoms with Crippen molar-refractivity contribution < 1.29 is 14.4 Å². The molecule has 0 spiro atoms. The van der Waals surface area contributed by atoms with Gasteiger partial charge in [0.1, 0.15) is 6.54 Å². The molecule has 0 radical (unpaired) electrons. The maximum atomic E-state index is 13.9. The number of fused-ring (bicyclic) bond motifs is 1. The van der Waals surface area contributed by atoms with Gasteiger partial charge in [0, 0.05) is 30.1 Å². The minimum atomic E-state index is -1.17. The van der Waals surface area contributed by atoms with E-state index in [0.717, 1.165) is 29.5 Å². The molecule has 1 saturated heterocycles. The van der Waals surface area contributed by atoms with Crippen molar-refractivity contribution in [1.29, 1.82) is 0 Å². The lowest BCUT2D eigenvalue weighted by Crippen LogP contribution is -2.52. The molecule has 0 unspecified atom stereocenters. The summed E-state index contributed by atoms with van der Waals surface area (Å²) in [5.74, 6) is -0.138. The molecule has 4 amide bonds. The smallest absolute Gasteiger partial charge is 0.321 e. The molecule has 3 aromatic carbocycles. The fraction of sp³-hybridized carbons (Fsp3) is 0.312. The van der Waals surface area contributed by atoms with Crippen molar-refractivity contribution in [2.45, 2.75) is 45.7 Å². The van der Waals surface area contributed by atoms with E-state index in [9.17, 15) is 14.4 Å². The van der Waals surface area contributed by atoms with Gasteiger partial charge in [0.2, 0.25) is 12.1 Å². The number of aryl methyl sites for hydroxylation is 2. The Kier molecular flexibility index (Phi) is 7.96. The Morgan fingerprint density at radius 1 is 0.925 bits per heavy atom. The van der Waals surface area contributed by atoms with Crippen molar-refractivity contribution in [2.75, 3.05) is 29.9 Å². The van der Waals surface area contributed by atoms with Gasteiger partial charge in [0.05, 0.1) is 5.69 Å². The van der Waals surface area contributed by atoms with E-state index in [4.69, 9.17) is 0 Å². The van der Waals surface area contributed by atoms with Crippen molar-refractivity contribution in [3.8, 4) is 0 Å². The van der Waals surface area contributed by atoms with Crippen LogP contribution in [-0.4, -0.2) is 54.3 Å². The predicted molar refractivity (Wildman–Crippen MR) is 158 cm³/mol. The molecule has 206 valence electrons. The average Bonchev–Trinajstić information content (AvgIpc) is 3.04. The van der Waals surface area contributed by atoms with Gasteiger partial charge in [-0.3, -0.25) is 19.5 Å². The van der Waals surface area contributed by atoms with Crippen LogP contribution < -0.4 is 15.5 Å². The number of piperidine rings is 1. The Bertz CT molecular complexity index is 1440. The quantitative estimate of drug-likeness (QED) is 0.479. The van der Waals surface area contributed by atoms with Crippen molar-refractivity contribution in [2.24, 2.45) is 4.99 Å². The highest BCUT2D eigenvalue weighted by Gasteiger charge is 2.35. The van der Waals surface area contributed by atoms with E-state index in [0.29, 0.717) is 36.1 Å². The molecule has 1 fully saturated rings. The second-order valence-corrected chi connectivity index (χ2v) is 10.5. The molecule has 3 aromatic rings. The lowest BCUT2D eigenvalue weighted by atomic mass is 9.89. The highest BCUT2D eigenvalue weighted by atomic mass is 16.2. The molecule has 2 aliphatic rings. The van der Waals surface area contributed by atoms with Crippen LogP contribution in [0, 0.1) is 13.8 Å². The molecule has 2 heterocycles. The molecule has 0 aliphatic carbocycles. The van der Waals surface area contributed by atoms with Crippen molar-refractivity contribution in [1.82, 2.24) is 10.2 Å². The summed E-state index contributed by atoms with van der Waals surface area (Å²) in [6, 6.07) is 23.0. The first kappa shape index (κ1) is 27.1. The molecule has 2 N–H and O–H groups in total. The summed E-state index contributed by atoms with van der Waals surface area (Å²) in [5.41, 5.74) is 5.82. The predicted octanol–water partition coefficient (Wildman–Crippen LogP) is 5.01. The fourth-order valence-electron chi connectivity index (χ4n) is 5.57. The lowest BCUT2D eigenvalue weighted by Gasteiger charge is -2.34. The SMILES string of the molecule is CC1=N[C@@H](NC(=O)Nc2cccc(C)c2)C(=O)N(CC(=O)N2CCC(c3ccccc3)CC2)c2c(C)cccc21. The number of hydrogen-bond donors (Lipinski definition) is 2. The van der Waals surface area contributed by atoms with E-state index in [2.05, 4.69) is 27.8 Å². The highest BCUT2D eigenvalue weighted by molar-refractivity contribution is 6.14. The summed E-state index contributed by atoms with van der Waals surface area (Å²) in [6.07, 6.45) is 0.587. The van der Waals surface area contributed by atoms with Gasteiger partial charge in [-0.1, -0.05) is 60.7 Å². The van der Waals surface area contributed by atoms with E-state index in [1.54, 1.807) is 6.07 Å². The first-order chi connectivity index (χ1) is 19.3. The molecule has 0 aromatic heterocycles. The number of nitrogens with one attached hydrogen (secondary N) is 2. The summed E-state index contributed by atoms with van der Waals surface area (Å²) < 4.78 is 0. The minimum Gasteiger partial charge on any atom is -0.341 e. The molecule has 5 rings (SSSR count). The number of carbonyl (C=O) groups is 3. The number of amides is 4. The molecule has 8 heteroatoms. The average molecular weight is 538 g/mol. The lowest BCUT2D eigenvalue weighted by molar-refractivity contribution is -0.132. The Morgan fingerprint density at radius 2 is 1.65 bits per heavy atom. The van der Waals surface area contributed by atoms with Crippen LogP contribution in [-0.2, 0) is 9.59 Å². The van der Waals surface area contributed by atoms with Crippen LogP contribution in [0.2, 0.25) is 0 Å². The van der Waals surface area contributed by atoms with Crippen LogP contribution in [0.4, 0.5) is 16.2 Å². The van der Waals surface area contributed by atoms with E-state index in [-0.39, 0.29) is 12.5 Å². The number of anilines is 2. The number of likely N-dealkylation sites (tertiary alicyclic amines) is 1. The van der Waals surface area contributed by atoms with Crippen LogP contribution in [0.5, 0.6) is 0 Å². The summed E-state index contributed by atoms with van der Waals surface area (Å²) >= 11 is 0. The number of rotatable bonds is 5. The maximum Gasteiger partial charge on any atom is 0.321 e. The Morgan fingerprint density at radius 3 is 2.38 bits per heavy atom. The standard InChI is InChI=1S/C32H35N5O3/c1-21-9-7-13-26(19-21)34-32(40)35-30-31(39)37(29-22(2)10-8-14-27(29)23(3)33-30)20-28(38)36-17-15-25(16-18-36)24-11-5-4-6-12-24/h4-14,19,25,30H,15-18,20H2,1-3H3,(H2,34,35,40)/t30-/m0/s1. The van der Waals surface area contributed by atoms with E-state index in [1.165, 1.54) is 10.5 Å². The third-order valence-corrected chi connectivity index (χ3v) is 7.68. The van der Waals surface area contributed by atoms with Crippen LogP contribution >= 0.6 is 0 Å². The van der Waals surface area contributed by atoms with Crippen LogP contribution in [0.15, 0.2) is 77.8 Å². The van der Waals surface area contributed by atoms with Gasteiger partial charge in [-0.25, -0.2) is 4.79 Å². The Balaban J connectivity index is 1.34. The van der Waals surface area contributed by atoms with Gasteiger partial charge in [-0.15, -0.1) is 0 Å². The van der Waals surface area contributed by atoms with Gasteiger partial charge in [-0.2, -0.15) is 0 Å². The van der Waals surface area contributed by atoms with Crippen molar-refractivity contribution in [3.63, 3.8) is 0 Å². The molecule has 1 atom stereocenters. The number of nitrogens with zero attached hydrogens (tertiary/aromatic N) is 3. The van der Waals surface area contributed by atoms with Gasteiger partial charge < -0.3 is 15.5 Å². The zero-order valence-corrected chi connectivity index (χ0v) is 23.2. The molecule has 40 heavy (non-hydrogen) atoms. The van der Waals surface area contributed by atoms with Gasteiger partial charge in [0.15, 0.2) is 0 Å². The molecule has 0 bridgehead atoms. The Hall–Kier alpha value is -4.46. The third-order valence-electron chi connectivity index (χ3n) is 7.68. The number of benzodiazepines with no additional fused rings is 1. The van der Waals surface area contributed by atoms with Crippen LogP contribution in [0.1, 0.15) is 47.9 Å². The molecule has 8 nitrogen and oxygen atoms in total. The minimum absolute atomic E-state index is 0.114. The molecular weight excluding hydrogens is 502 g/mol. The number of benzene rings is 3. The van der Waals surface area contributed by atoms with E-state index in [1.807, 2.05) is 80.3 Å². The van der Waals surface area contributed by atoms with Crippen LogP contribution in [0.25, 0.3) is 0 Å². The zero-order chi connectivity index (χ0) is 28.2. The van der Waals surface area contributed by atoms with Gasteiger partial charge in [-0.05, 0) is 68.4 Å². The summed E-state index contributed by atoms with van der Waals surface area (Å²) in [5, 5.41) is 5.49. The number of carbonyl (C=O) groups excluding carboxylic acids is 3. The van der Waals surface area contributed by atoms with E-state index >= 15 is 0 Å². The largest absolute Gasteiger partial charge is 0.341 e. The normalized spacial score (nSPS) is 17.5. The fourth-order valence-corrected chi connectivity index (χ4v) is 5.57. The first-order valence-corrected chi connectivity index (χ1v) is 13.7. The highest BCUT2D eigenvalue weighted by Crippen LogP contribution is 2.31. The monoisotopic (exact) mass is 537 g/mol. The number of urea groups is 1. The second kappa shape index (κ2) is 11.7. The molecular formula is C32H35N5O3. The summed E-state index contributed by atoms with van der Waals surface area (Å²) in [6.45, 7) is 6.82. The molecule has 2 aliphatic heterocycles. The first-order valence-electron chi connectivity index (χ1n) is 13.7. The maximum absolute atomic E-state index is 13.9. The zero-order valence-electron chi connectivity index (χ0n) is 23.2. The summed E-state index contributed by atoms with van der Waals surface area (Å²) in [7, 11) is 0.